The van der Waals surface area contributed by atoms with E-state index in [1.165, 1.54) is 23.5 Å². The Morgan fingerprint density at radius 3 is 2.95 bits per heavy atom. The van der Waals surface area contributed by atoms with Gasteiger partial charge in [-0.05, 0) is 30.9 Å². The zero-order chi connectivity index (χ0) is 13.4. The van der Waals surface area contributed by atoms with E-state index in [0.717, 1.165) is 12.8 Å². The minimum absolute atomic E-state index is 0.171. The Bertz CT molecular complexity index is 666. The first-order chi connectivity index (χ1) is 9.17. The second-order valence-corrected chi connectivity index (χ2v) is 6.18. The van der Waals surface area contributed by atoms with Gasteiger partial charge in [0.05, 0.1) is 0 Å². The van der Waals surface area contributed by atoms with Gasteiger partial charge in [0.15, 0.2) is 10.3 Å². The molecule has 3 rings (SSSR count). The lowest BCUT2D eigenvalue weighted by atomic mass is 10.7. The molecule has 1 saturated carbocycles. The van der Waals surface area contributed by atoms with Crippen LogP contribution in [0.15, 0.2) is 26.2 Å². The number of thioether (sulfide) groups is 1. The molecule has 0 spiro atoms. The third-order valence-corrected chi connectivity index (χ3v) is 4.24. The molecule has 2 aromatic heterocycles. The Morgan fingerprint density at radius 1 is 1.47 bits per heavy atom. The molecule has 0 amide bonds. The molecule has 19 heavy (non-hydrogen) atoms. The van der Waals surface area contributed by atoms with Gasteiger partial charge < -0.3 is 0 Å². The van der Waals surface area contributed by atoms with Crippen molar-refractivity contribution in [3.05, 3.63) is 21.7 Å². The summed E-state index contributed by atoms with van der Waals surface area (Å²) in [7, 11) is 0. The minimum atomic E-state index is -0.171. The summed E-state index contributed by atoms with van der Waals surface area (Å²) >= 11 is 8.68. The fourth-order valence-electron chi connectivity index (χ4n) is 1.63. The van der Waals surface area contributed by atoms with Crippen LogP contribution in [0.2, 0.25) is 5.15 Å². The standard InChI is InChI=1S/C10H10ClN5OS2/c1-18-8-12-6(11)4-7(13-8)19-10-15-14-9(17)16(10)5-2-3-5/h4-5H,2-3H2,1H3,(H,14,17). The fourth-order valence-corrected chi connectivity index (χ4v) is 3.28. The number of rotatable bonds is 4. The molecule has 100 valence electrons. The molecule has 0 aromatic carbocycles. The molecular formula is C10H10ClN5OS2. The second kappa shape index (κ2) is 5.18. The lowest BCUT2D eigenvalue weighted by molar-refractivity contribution is 0.642. The maximum atomic E-state index is 11.7. The number of aromatic nitrogens is 5. The van der Waals surface area contributed by atoms with E-state index in [4.69, 9.17) is 11.6 Å². The van der Waals surface area contributed by atoms with Gasteiger partial charge in [-0.25, -0.2) is 19.9 Å². The summed E-state index contributed by atoms with van der Waals surface area (Å²) in [4.78, 5) is 20.1. The highest BCUT2D eigenvalue weighted by atomic mass is 35.5. The molecule has 9 heteroatoms. The first-order valence-electron chi connectivity index (χ1n) is 5.60. The molecule has 0 saturated heterocycles. The summed E-state index contributed by atoms with van der Waals surface area (Å²) < 4.78 is 1.68. The van der Waals surface area contributed by atoms with Crippen LogP contribution in [0.3, 0.4) is 0 Å². The van der Waals surface area contributed by atoms with E-state index in [9.17, 15) is 4.79 Å². The number of hydrogen-bond donors (Lipinski definition) is 1. The number of nitrogens with zero attached hydrogens (tertiary/aromatic N) is 4. The van der Waals surface area contributed by atoms with Crippen LogP contribution in [-0.4, -0.2) is 31.0 Å². The average Bonchev–Trinajstić information content (AvgIpc) is 3.14. The minimum Gasteiger partial charge on any atom is -0.267 e. The Kier molecular flexibility index (Phi) is 3.55. The SMILES string of the molecule is CSc1nc(Cl)cc(Sc2n[nH]c(=O)n2C2CC2)n1. The molecule has 1 N–H and O–H groups in total. The monoisotopic (exact) mass is 315 g/mol. The highest BCUT2D eigenvalue weighted by Crippen LogP contribution is 2.37. The van der Waals surface area contributed by atoms with E-state index in [2.05, 4.69) is 20.2 Å². The van der Waals surface area contributed by atoms with Crippen molar-refractivity contribution in [3.8, 4) is 0 Å². The van der Waals surface area contributed by atoms with E-state index in [-0.39, 0.29) is 11.7 Å². The van der Waals surface area contributed by atoms with Gasteiger partial charge in [0.1, 0.15) is 10.2 Å². The van der Waals surface area contributed by atoms with Crippen molar-refractivity contribution < 1.29 is 0 Å². The fraction of sp³-hybridized carbons (Fsp3) is 0.400. The molecule has 1 aliphatic rings. The van der Waals surface area contributed by atoms with Crippen molar-refractivity contribution in [3.63, 3.8) is 0 Å². The van der Waals surface area contributed by atoms with Crippen LogP contribution in [0.1, 0.15) is 18.9 Å². The quantitative estimate of drug-likeness (QED) is 0.529. The number of hydrogen-bond acceptors (Lipinski definition) is 6. The topological polar surface area (TPSA) is 76.5 Å². The van der Waals surface area contributed by atoms with Crippen LogP contribution >= 0.6 is 35.1 Å². The normalized spacial score (nSPS) is 14.8. The molecule has 1 aliphatic carbocycles. The second-order valence-electron chi connectivity index (χ2n) is 4.03. The van der Waals surface area contributed by atoms with Gasteiger partial charge in [0.2, 0.25) is 0 Å². The van der Waals surface area contributed by atoms with Crippen LogP contribution in [-0.2, 0) is 0 Å². The number of halogens is 1. The Hall–Kier alpha value is -0.990. The van der Waals surface area contributed by atoms with Gasteiger partial charge >= 0.3 is 5.69 Å². The summed E-state index contributed by atoms with van der Waals surface area (Å²) in [5.41, 5.74) is -0.171. The number of aromatic amines is 1. The lowest BCUT2D eigenvalue weighted by Crippen LogP contribution is -2.16. The van der Waals surface area contributed by atoms with Crippen molar-refractivity contribution in [1.82, 2.24) is 24.7 Å². The molecule has 1 fully saturated rings. The van der Waals surface area contributed by atoms with Crippen molar-refractivity contribution >= 4 is 35.1 Å². The van der Waals surface area contributed by atoms with Crippen LogP contribution in [0.5, 0.6) is 0 Å². The van der Waals surface area contributed by atoms with E-state index in [1.54, 1.807) is 10.6 Å². The van der Waals surface area contributed by atoms with Gasteiger partial charge in [-0.3, -0.25) is 4.57 Å². The van der Waals surface area contributed by atoms with Crippen LogP contribution < -0.4 is 5.69 Å². The maximum Gasteiger partial charge on any atom is 0.344 e. The summed E-state index contributed by atoms with van der Waals surface area (Å²) in [6.07, 6.45) is 3.93. The van der Waals surface area contributed by atoms with Crippen molar-refractivity contribution in [2.45, 2.75) is 34.2 Å². The Balaban J connectivity index is 1.93. The van der Waals surface area contributed by atoms with Crippen LogP contribution in [0.25, 0.3) is 0 Å². The zero-order valence-corrected chi connectivity index (χ0v) is 12.3. The van der Waals surface area contributed by atoms with Gasteiger partial charge in [-0.2, -0.15) is 0 Å². The average molecular weight is 316 g/mol. The highest BCUT2D eigenvalue weighted by Gasteiger charge is 2.29. The van der Waals surface area contributed by atoms with Crippen molar-refractivity contribution in [1.29, 1.82) is 0 Å². The lowest BCUT2D eigenvalue weighted by Gasteiger charge is -2.04. The van der Waals surface area contributed by atoms with E-state index in [1.807, 2.05) is 6.26 Å². The third-order valence-electron chi connectivity index (χ3n) is 2.61. The van der Waals surface area contributed by atoms with Gasteiger partial charge in [0, 0.05) is 12.1 Å². The molecule has 2 aromatic rings. The highest BCUT2D eigenvalue weighted by molar-refractivity contribution is 7.99. The molecule has 0 aliphatic heterocycles. The van der Waals surface area contributed by atoms with E-state index >= 15 is 0 Å². The molecule has 0 bridgehead atoms. The summed E-state index contributed by atoms with van der Waals surface area (Å²) in [5, 5.41) is 8.81. The van der Waals surface area contributed by atoms with Crippen LogP contribution in [0.4, 0.5) is 0 Å². The third kappa shape index (κ3) is 2.80. The molecular weight excluding hydrogens is 306 g/mol. The van der Waals surface area contributed by atoms with Crippen molar-refractivity contribution in [2.75, 3.05) is 6.26 Å². The molecule has 6 nitrogen and oxygen atoms in total. The van der Waals surface area contributed by atoms with Gasteiger partial charge in [-0.1, -0.05) is 23.4 Å². The number of nitrogens with one attached hydrogen (secondary N) is 1. The first-order valence-corrected chi connectivity index (χ1v) is 8.02. The Morgan fingerprint density at radius 2 is 2.26 bits per heavy atom. The van der Waals surface area contributed by atoms with Crippen molar-refractivity contribution in [2.24, 2.45) is 0 Å². The van der Waals surface area contributed by atoms with Gasteiger partial charge in [0.25, 0.3) is 0 Å². The smallest absolute Gasteiger partial charge is 0.267 e. The summed E-state index contributed by atoms with van der Waals surface area (Å²) in [6.45, 7) is 0. The predicted octanol–water partition coefficient (Wildman–Crippen LogP) is 2.22. The molecule has 0 atom stereocenters. The first kappa shape index (κ1) is 13.0. The summed E-state index contributed by atoms with van der Waals surface area (Å²) in [5.74, 6) is 0. The zero-order valence-electron chi connectivity index (χ0n) is 9.96. The van der Waals surface area contributed by atoms with E-state index in [0.29, 0.717) is 20.5 Å². The molecule has 0 unspecified atom stereocenters. The largest absolute Gasteiger partial charge is 0.344 e. The maximum absolute atomic E-state index is 11.7. The number of H-pyrrole nitrogens is 1. The van der Waals surface area contributed by atoms with Gasteiger partial charge in [-0.15, -0.1) is 5.10 Å². The Labute approximate surface area is 122 Å². The predicted molar refractivity (Wildman–Crippen MR) is 74.1 cm³/mol. The summed E-state index contributed by atoms with van der Waals surface area (Å²) in [6, 6.07) is 1.94. The molecule has 2 heterocycles. The van der Waals surface area contributed by atoms with E-state index < -0.39 is 0 Å². The van der Waals surface area contributed by atoms with Crippen LogP contribution in [0, 0.1) is 0 Å². The molecule has 0 radical (unpaired) electrons.